The van der Waals surface area contributed by atoms with Crippen molar-refractivity contribution in [3.8, 4) is 11.5 Å². The summed E-state index contributed by atoms with van der Waals surface area (Å²) in [5.41, 5.74) is 3.50. The van der Waals surface area contributed by atoms with Crippen LogP contribution in [0.15, 0.2) is 42.5 Å². The molecule has 5 nitrogen and oxygen atoms in total. The molecular weight excluding hydrogens is 340 g/mol. The Bertz CT molecular complexity index is 822. The van der Waals surface area contributed by atoms with Crippen LogP contribution < -0.4 is 14.8 Å². The lowest BCUT2D eigenvalue weighted by molar-refractivity contribution is -0.121. The van der Waals surface area contributed by atoms with E-state index in [9.17, 15) is 4.79 Å². The van der Waals surface area contributed by atoms with Crippen LogP contribution in [0.5, 0.6) is 11.5 Å². The fourth-order valence-electron chi connectivity index (χ4n) is 4.10. The summed E-state index contributed by atoms with van der Waals surface area (Å²) in [6.45, 7) is 4.27. The zero-order valence-corrected chi connectivity index (χ0v) is 15.9. The Kier molecular flexibility index (Phi) is 5.03. The van der Waals surface area contributed by atoms with Gasteiger partial charge >= 0.3 is 0 Å². The molecule has 2 heterocycles. The zero-order valence-electron chi connectivity index (χ0n) is 15.9. The molecule has 0 bridgehead atoms. The van der Waals surface area contributed by atoms with Gasteiger partial charge in [-0.25, -0.2) is 0 Å². The Labute approximate surface area is 160 Å². The molecular formula is C22H26N2O3. The molecule has 1 saturated heterocycles. The van der Waals surface area contributed by atoms with Crippen molar-refractivity contribution >= 4 is 5.91 Å². The van der Waals surface area contributed by atoms with Gasteiger partial charge in [-0.3, -0.25) is 9.69 Å². The molecule has 1 amide bonds. The van der Waals surface area contributed by atoms with Gasteiger partial charge in [-0.05, 0) is 24.6 Å². The van der Waals surface area contributed by atoms with Crippen molar-refractivity contribution in [2.45, 2.75) is 38.5 Å². The Morgan fingerprint density at radius 1 is 1.22 bits per heavy atom. The topological polar surface area (TPSA) is 50.8 Å². The van der Waals surface area contributed by atoms with E-state index in [1.165, 1.54) is 11.1 Å². The molecule has 2 unspecified atom stereocenters. The molecule has 0 aliphatic carbocycles. The fourth-order valence-corrected chi connectivity index (χ4v) is 4.10. The van der Waals surface area contributed by atoms with Gasteiger partial charge < -0.3 is 14.8 Å². The second kappa shape index (κ2) is 7.61. The van der Waals surface area contributed by atoms with E-state index in [1.807, 2.05) is 18.2 Å². The Hall–Kier alpha value is -2.53. The number of rotatable bonds is 4. The number of carbonyl (C=O) groups is 1. The minimum atomic E-state index is 0.0503. The van der Waals surface area contributed by atoms with E-state index in [0.717, 1.165) is 36.6 Å². The molecule has 0 saturated carbocycles. The summed E-state index contributed by atoms with van der Waals surface area (Å²) in [5.74, 6) is 1.95. The van der Waals surface area contributed by atoms with Crippen molar-refractivity contribution in [2.75, 3.05) is 20.2 Å². The van der Waals surface area contributed by atoms with Gasteiger partial charge in [-0.15, -0.1) is 0 Å². The first-order valence-corrected chi connectivity index (χ1v) is 9.56. The lowest BCUT2D eigenvalue weighted by Crippen LogP contribution is -2.30. The molecule has 2 aliphatic heterocycles. The van der Waals surface area contributed by atoms with E-state index >= 15 is 0 Å². The highest BCUT2D eigenvalue weighted by molar-refractivity contribution is 5.77. The molecule has 4 rings (SSSR count). The first kappa shape index (κ1) is 17.9. The highest BCUT2D eigenvalue weighted by Gasteiger charge is 2.29. The third kappa shape index (κ3) is 3.78. The Balaban J connectivity index is 1.67. The first-order chi connectivity index (χ1) is 13.1. The van der Waals surface area contributed by atoms with Crippen LogP contribution in [0, 0.1) is 0 Å². The quantitative estimate of drug-likeness (QED) is 0.904. The van der Waals surface area contributed by atoms with E-state index in [2.05, 4.69) is 41.4 Å². The molecule has 2 aromatic carbocycles. The highest BCUT2D eigenvalue weighted by Crippen LogP contribution is 2.38. The minimum Gasteiger partial charge on any atom is -0.497 e. The number of benzene rings is 2. The lowest BCUT2D eigenvalue weighted by Gasteiger charge is -2.30. The standard InChI is InChI=1S/C22H26N2O3/c1-15-10-17-11-19(26-2)12-18(22(17)27-15)14-24-9-8-23-21(25)13-20(24)16-6-4-3-5-7-16/h3-7,11-12,15,20H,8-10,13-14H2,1-2H3,(H,23,25). The average molecular weight is 366 g/mol. The number of hydrogen-bond donors (Lipinski definition) is 1. The van der Waals surface area contributed by atoms with Crippen molar-refractivity contribution in [3.05, 3.63) is 59.2 Å². The number of nitrogens with one attached hydrogen (secondary N) is 1. The molecule has 0 aromatic heterocycles. The third-order valence-corrected chi connectivity index (χ3v) is 5.38. The minimum absolute atomic E-state index is 0.0503. The van der Waals surface area contributed by atoms with Crippen LogP contribution >= 0.6 is 0 Å². The Morgan fingerprint density at radius 3 is 2.81 bits per heavy atom. The number of fused-ring (bicyclic) bond motifs is 1. The zero-order chi connectivity index (χ0) is 18.8. The molecule has 27 heavy (non-hydrogen) atoms. The predicted molar refractivity (Wildman–Crippen MR) is 104 cm³/mol. The smallest absolute Gasteiger partial charge is 0.221 e. The average Bonchev–Trinajstić information content (AvgIpc) is 2.96. The van der Waals surface area contributed by atoms with Crippen molar-refractivity contribution in [1.29, 1.82) is 0 Å². The first-order valence-electron chi connectivity index (χ1n) is 9.56. The van der Waals surface area contributed by atoms with Gasteiger partial charge in [-0.2, -0.15) is 0 Å². The van der Waals surface area contributed by atoms with Gasteiger partial charge in [0.1, 0.15) is 17.6 Å². The van der Waals surface area contributed by atoms with Gasteiger partial charge in [0, 0.05) is 49.6 Å². The SMILES string of the molecule is COc1cc2c(c(CN3CCNC(=O)CC3c3ccccc3)c1)OC(C)C2. The molecule has 5 heteroatoms. The van der Waals surface area contributed by atoms with E-state index < -0.39 is 0 Å². The van der Waals surface area contributed by atoms with Crippen LogP contribution in [0.2, 0.25) is 0 Å². The Morgan fingerprint density at radius 2 is 2.04 bits per heavy atom. The number of carbonyl (C=O) groups excluding carboxylic acids is 1. The third-order valence-electron chi connectivity index (χ3n) is 5.38. The summed E-state index contributed by atoms with van der Waals surface area (Å²) < 4.78 is 11.6. The fraction of sp³-hybridized carbons (Fsp3) is 0.409. The summed E-state index contributed by atoms with van der Waals surface area (Å²) in [7, 11) is 1.70. The molecule has 142 valence electrons. The lowest BCUT2D eigenvalue weighted by atomic mass is 10.00. The number of methoxy groups -OCH3 is 1. The van der Waals surface area contributed by atoms with E-state index in [4.69, 9.17) is 9.47 Å². The predicted octanol–water partition coefficient (Wildman–Crippen LogP) is 3.08. The normalized spacial score (nSPS) is 22.5. The van der Waals surface area contributed by atoms with Crippen molar-refractivity contribution < 1.29 is 14.3 Å². The van der Waals surface area contributed by atoms with Gasteiger partial charge in [0.05, 0.1) is 7.11 Å². The maximum Gasteiger partial charge on any atom is 0.221 e. The summed E-state index contributed by atoms with van der Waals surface area (Å²) in [5, 5.41) is 3.01. The second-order valence-electron chi connectivity index (χ2n) is 7.36. The van der Waals surface area contributed by atoms with Crippen LogP contribution in [-0.2, 0) is 17.8 Å². The number of ether oxygens (including phenoxy) is 2. The van der Waals surface area contributed by atoms with Crippen LogP contribution in [-0.4, -0.2) is 37.1 Å². The van der Waals surface area contributed by atoms with Crippen LogP contribution in [0.1, 0.15) is 36.1 Å². The van der Waals surface area contributed by atoms with E-state index in [1.54, 1.807) is 7.11 Å². The van der Waals surface area contributed by atoms with Gasteiger partial charge in [0.15, 0.2) is 0 Å². The molecule has 2 aromatic rings. The molecule has 0 radical (unpaired) electrons. The van der Waals surface area contributed by atoms with Crippen molar-refractivity contribution in [3.63, 3.8) is 0 Å². The van der Waals surface area contributed by atoms with Crippen LogP contribution in [0.4, 0.5) is 0 Å². The van der Waals surface area contributed by atoms with Crippen LogP contribution in [0.25, 0.3) is 0 Å². The molecule has 1 N–H and O–H groups in total. The highest BCUT2D eigenvalue weighted by atomic mass is 16.5. The monoisotopic (exact) mass is 366 g/mol. The van der Waals surface area contributed by atoms with E-state index in [0.29, 0.717) is 13.0 Å². The number of amides is 1. The van der Waals surface area contributed by atoms with E-state index in [-0.39, 0.29) is 18.1 Å². The summed E-state index contributed by atoms with van der Waals surface area (Å²) >= 11 is 0. The van der Waals surface area contributed by atoms with Gasteiger partial charge in [0.25, 0.3) is 0 Å². The number of hydrogen-bond acceptors (Lipinski definition) is 4. The van der Waals surface area contributed by atoms with Crippen molar-refractivity contribution in [2.24, 2.45) is 0 Å². The maximum atomic E-state index is 12.2. The summed E-state index contributed by atoms with van der Waals surface area (Å²) in [6.07, 6.45) is 1.55. The second-order valence-corrected chi connectivity index (χ2v) is 7.36. The van der Waals surface area contributed by atoms with Crippen molar-refractivity contribution in [1.82, 2.24) is 10.2 Å². The molecule has 2 aliphatic rings. The number of nitrogens with zero attached hydrogens (tertiary/aromatic N) is 1. The molecule has 0 spiro atoms. The molecule has 2 atom stereocenters. The van der Waals surface area contributed by atoms with Gasteiger partial charge in [-0.1, -0.05) is 30.3 Å². The van der Waals surface area contributed by atoms with Gasteiger partial charge in [0.2, 0.25) is 5.91 Å². The summed E-state index contributed by atoms with van der Waals surface area (Å²) in [6, 6.07) is 14.5. The maximum absolute atomic E-state index is 12.2. The molecule has 1 fully saturated rings. The van der Waals surface area contributed by atoms with Crippen LogP contribution in [0.3, 0.4) is 0 Å². The largest absolute Gasteiger partial charge is 0.497 e. The summed E-state index contributed by atoms with van der Waals surface area (Å²) in [4.78, 5) is 14.6.